The molecule has 1 aliphatic heterocycles. The van der Waals surface area contributed by atoms with Crippen molar-refractivity contribution in [3.8, 4) is 0 Å². The number of aliphatic hydroxyl groups is 1. The average Bonchev–Trinajstić information content (AvgIpc) is 3.39. The molecule has 3 rings (SSSR count). The van der Waals surface area contributed by atoms with Gasteiger partial charge in [-0.2, -0.15) is 0 Å². The van der Waals surface area contributed by atoms with Gasteiger partial charge in [0.2, 0.25) is 5.91 Å². The lowest BCUT2D eigenvalue weighted by atomic mass is 10.1. The molecule has 1 aromatic rings. The largest absolute Gasteiger partial charge is 0.447 e. The highest BCUT2D eigenvalue weighted by molar-refractivity contribution is 5.93. The zero-order valence-corrected chi connectivity index (χ0v) is 17.0. The summed E-state index contributed by atoms with van der Waals surface area (Å²) < 4.78 is 5.07. The normalized spacial score (nSPS) is 18.0. The van der Waals surface area contributed by atoms with Gasteiger partial charge in [-0.1, -0.05) is 76.3 Å². The summed E-state index contributed by atoms with van der Waals surface area (Å²) in [7, 11) is 1.00. The van der Waals surface area contributed by atoms with Crippen LogP contribution >= 0.6 is 0 Å². The molecule has 5 nitrogen and oxygen atoms in total. The lowest BCUT2D eigenvalue weighted by molar-refractivity contribution is -0.129. The van der Waals surface area contributed by atoms with Gasteiger partial charge in [0.15, 0.2) is 0 Å². The molecule has 1 unspecified atom stereocenters. The minimum absolute atomic E-state index is 0.102. The second-order valence-corrected chi connectivity index (χ2v) is 7.18. The molecule has 1 aliphatic carbocycles. The van der Waals surface area contributed by atoms with Crippen molar-refractivity contribution in [2.24, 2.45) is 5.92 Å². The Morgan fingerprint density at radius 2 is 1.78 bits per heavy atom. The molecule has 1 N–H and O–H groups in total. The van der Waals surface area contributed by atoms with Crippen LogP contribution in [-0.4, -0.2) is 41.8 Å². The number of carbonyl (C=O) groups is 2. The lowest BCUT2D eigenvalue weighted by Gasteiger charge is -2.19. The summed E-state index contributed by atoms with van der Waals surface area (Å²) in [5.41, 5.74) is 1.12. The van der Waals surface area contributed by atoms with E-state index in [9.17, 15) is 9.59 Å². The van der Waals surface area contributed by atoms with Crippen molar-refractivity contribution in [2.75, 3.05) is 13.7 Å². The molecule has 2 amide bonds. The van der Waals surface area contributed by atoms with Crippen molar-refractivity contribution in [1.29, 1.82) is 0 Å². The Bertz CT molecular complexity index is 543. The number of ether oxygens (including phenoxy) is 1. The van der Waals surface area contributed by atoms with Crippen LogP contribution in [0.4, 0.5) is 4.79 Å². The average molecular weight is 378 g/mol. The van der Waals surface area contributed by atoms with E-state index in [1.807, 2.05) is 30.3 Å². The number of benzene rings is 1. The second kappa shape index (κ2) is 13.3. The first-order valence-corrected chi connectivity index (χ1v) is 10.1. The Morgan fingerprint density at radius 3 is 2.33 bits per heavy atom. The molecule has 152 valence electrons. The van der Waals surface area contributed by atoms with E-state index in [1.165, 1.54) is 17.7 Å². The molecule has 2 aliphatic rings. The molecule has 0 spiro atoms. The number of rotatable bonds is 7. The molecule has 1 atom stereocenters. The maximum absolute atomic E-state index is 12.2. The third-order valence-electron chi connectivity index (χ3n) is 4.65. The topological polar surface area (TPSA) is 66.8 Å². The number of hydrogen-bond acceptors (Lipinski definition) is 4. The molecule has 27 heavy (non-hydrogen) atoms. The van der Waals surface area contributed by atoms with Gasteiger partial charge in [-0.15, -0.1) is 0 Å². The van der Waals surface area contributed by atoms with E-state index in [4.69, 9.17) is 9.84 Å². The first kappa shape index (κ1) is 23.2. The fourth-order valence-corrected chi connectivity index (χ4v) is 2.79. The molecule has 2 fully saturated rings. The molecule has 0 bridgehead atoms. The summed E-state index contributed by atoms with van der Waals surface area (Å²) in [6, 6.07) is 9.72. The summed E-state index contributed by atoms with van der Waals surface area (Å²) >= 11 is 0. The molecule has 0 radical (unpaired) electrons. The zero-order valence-electron chi connectivity index (χ0n) is 17.0. The summed E-state index contributed by atoms with van der Waals surface area (Å²) in [6.07, 6.45) is 7.72. The Labute approximate surface area is 163 Å². The van der Waals surface area contributed by atoms with E-state index in [1.54, 1.807) is 0 Å². The van der Waals surface area contributed by atoms with Crippen LogP contribution in [0.3, 0.4) is 0 Å². The SMILES string of the molecule is CC1CC1.CCCCCCC(=O)N1C(=O)OCC1Cc1ccccc1.CO. The number of aliphatic hydroxyl groups excluding tert-OH is 1. The van der Waals surface area contributed by atoms with Gasteiger partial charge in [0.1, 0.15) is 6.61 Å². The number of nitrogens with zero attached hydrogens (tertiary/aromatic N) is 1. The highest BCUT2D eigenvalue weighted by atomic mass is 16.6. The number of cyclic esters (lactones) is 1. The smallest absolute Gasteiger partial charge is 0.416 e. The number of hydrogen-bond donors (Lipinski definition) is 1. The summed E-state index contributed by atoms with van der Waals surface area (Å²) in [6.45, 7) is 4.71. The van der Waals surface area contributed by atoms with Gasteiger partial charge in [-0.25, -0.2) is 9.69 Å². The predicted molar refractivity (Wildman–Crippen MR) is 107 cm³/mol. The first-order valence-electron chi connectivity index (χ1n) is 10.1. The predicted octanol–water partition coefficient (Wildman–Crippen LogP) is 4.57. The fraction of sp³-hybridized carbons (Fsp3) is 0.636. The Hall–Kier alpha value is -1.88. The zero-order chi connectivity index (χ0) is 20.1. The Morgan fingerprint density at radius 1 is 1.15 bits per heavy atom. The molecule has 0 aromatic heterocycles. The van der Waals surface area contributed by atoms with Crippen molar-refractivity contribution in [1.82, 2.24) is 4.90 Å². The van der Waals surface area contributed by atoms with Crippen LogP contribution in [0.25, 0.3) is 0 Å². The molecular formula is C22H35NO4. The standard InChI is InChI=1S/C17H23NO3.C4H8.CH4O/c1-2-3-4-8-11-16(19)18-15(13-21-17(18)20)12-14-9-6-5-7-10-14;1-4-2-3-4;1-2/h5-7,9-10,15H,2-4,8,11-13H2,1H3;4H,2-3H2,1H3;2H,1H3. The maximum atomic E-state index is 12.2. The Kier molecular flexibility index (Phi) is 11.4. The van der Waals surface area contributed by atoms with E-state index >= 15 is 0 Å². The summed E-state index contributed by atoms with van der Waals surface area (Å²) in [4.78, 5) is 25.4. The number of amides is 2. The van der Waals surface area contributed by atoms with Crippen LogP contribution in [-0.2, 0) is 16.0 Å². The van der Waals surface area contributed by atoms with Gasteiger partial charge in [0, 0.05) is 13.5 Å². The summed E-state index contributed by atoms with van der Waals surface area (Å²) in [5, 5.41) is 7.00. The van der Waals surface area contributed by atoms with Gasteiger partial charge < -0.3 is 9.84 Å². The number of unbranched alkanes of at least 4 members (excludes halogenated alkanes) is 3. The summed E-state index contributed by atoms with van der Waals surface area (Å²) in [5.74, 6) is 0.981. The van der Waals surface area contributed by atoms with E-state index in [2.05, 4.69) is 13.8 Å². The van der Waals surface area contributed by atoms with Crippen LogP contribution in [0, 0.1) is 5.92 Å². The number of carbonyl (C=O) groups excluding carboxylic acids is 2. The molecule has 1 saturated carbocycles. The van der Waals surface area contributed by atoms with E-state index in [-0.39, 0.29) is 11.9 Å². The van der Waals surface area contributed by atoms with E-state index < -0.39 is 6.09 Å². The van der Waals surface area contributed by atoms with Gasteiger partial charge >= 0.3 is 6.09 Å². The van der Waals surface area contributed by atoms with Gasteiger partial charge in [-0.3, -0.25) is 4.79 Å². The van der Waals surface area contributed by atoms with Crippen molar-refractivity contribution in [2.45, 2.75) is 71.3 Å². The van der Waals surface area contributed by atoms with Crippen molar-refractivity contribution in [3.63, 3.8) is 0 Å². The monoisotopic (exact) mass is 377 g/mol. The van der Waals surface area contributed by atoms with Crippen LogP contribution in [0.5, 0.6) is 0 Å². The maximum Gasteiger partial charge on any atom is 0.416 e. The van der Waals surface area contributed by atoms with Crippen LogP contribution in [0.15, 0.2) is 30.3 Å². The second-order valence-electron chi connectivity index (χ2n) is 7.18. The van der Waals surface area contributed by atoms with E-state index in [0.717, 1.165) is 44.3 Å². The molecular weight excluding hydrogens is 342 g/mol. The van der Waals surface area contributed by atoms with Crippen LogP contribution in [0.2, 0.25) is 0 Å². The first-order chi connectivity index (χ1) is 13.1. The lowest BCUT2D eigenvalue weighted by Crippen LogP contribution is -2.40. The quantitative estimate of drug-likeness (QED) is 0.707. The van der Waals surface area contributed by atoms with Crippen molar-refractivity contribution in [3.05, 3.63) is 35.9 Å². The third-order valence-corrected chi connectivity index (χ3v) is 4.65. The minimum atomic E-state index is -0.489. The van der Waals surface area contributed by atoms with Crippen LogP contribution < -0.4 is 0 Å². The fourth-order valence-electron chi connectivity index (χ4n) is 2.79. The Balaban J connectivity index is 0.000000524. The molecule has 5 heteroatoms. The number of imide groups is 1. The van der Waals surface area contributed by atoms with Crippen molar-refractivity contribution >= 4 is 12.0 Å². The van der Waals surface area contributed by atoms with E-state index in [0.29, 0.717) is 19.4 Å². The minimum Gasteiger partial charge on any atom is -0.447 e. The van der Waals surface area contributed by atoms with Gasteiger partial charge in [0.05, 0.1) is 6.04 Å². The highest BCUT2D eigenvalue weighted by Gasteiger charge is 2.37. The van der Waals surface area contributed by atoms with Crippen molar-refractivity contribution < 1.29 is 19.4 Å². The third kappa shape index (κ3) is 9.05. The molecule has 1 aromatic carbocycles. The highest BCUT2D eigenvalue weighted by Crippen LogP contribution is 2.26. The molecule has 1 saturated heterocycles. The van der Waals surface area contributed by atoms with Gasteiger partial charge in [-0.05, 0) is 24.3 Å². The van der Waals surface area contributed by atoms with Crippen LogP contribution in [0.1, 0.15) is 64.4 Å². The molecule has 1 heterocycles. The van der Waals surface area contributed by atoms with Gasteiger partial charge in [0.25, 0.3) is 0 Å².